The van der Waals surface area contributed by atoms with E-state index in [-0.39, 0.29) is 5.91 Å². The Labute approximate surface area is 120 Å². The maximum absolute atomic E-state index is 11.6. The normalized spacial score (nSPS) is 10.4. The summed E-state index contributed by atoms with van der Waals surface area (Å²) in [5, 5.41) is 2.77. The average Bonchev–Trinajstić information content (AvgIpc) is 2.42. The molecule has 3 N–H and O–H groups in total. The number of unbranched alkanes of at least 4 members (excludes halogenated alkanes) is 1. The van der Waals surface area contributed by atoms with Crippen molar-refractivity contribution >= 4 is 17.3 Å². The van der Waals surface area contributed by atoms with Gasteiger partial charge in [-0.05, 0) is 24.6 Å². The number of nitrogen functional groups attached to an aromatic ring is 1. The molecule has 1 aromatic rings. The third kappa shape index (κ3) is 7.76. The largest absolute Gasteiger partial charge is 0.399 e. The average molecular weight is 280 g/mol. The fraction of sp³-hybridized carbons (Fsp3) is 0.533. The topological polar surface area (TPSA) is 73.6 Å². The first kappa shape index (κ1) is 16.5. The lowest BCUT2D eigenvalue weighted by Gasteiger charge is -2.07. The van der Waals surface area contributed by atoms with Gasteiger partial charge in [0.05, 0.1) is 26.2 Å². The van der Waals surface area contributed by atoms with Gasteiger partial charge in [-0.3, -0.25) is 4.79 Å². The minimum atomic E-state index is -0.0810. The molecule has 112 valence electrons. The zero-order valence-corrected chi connectivity index (χ0v) is 12.1. The van der Waals surface area contributed by atoms with Crippen LogP contribution >= 0.6 is 0 Å². The second kappa shape index (κ2) is 10.2. The Hall–Kier alpha value is -1.59. The van der Waals surface area contributed by atoms with Crippen LogP contribution in [0.3, 0.4) is 0 Å². The number of anilines is 2. The third-order valence-electron chi connectivity index (χ3n) is 2.66. The molecule has 0 saturated carbocycles. The molecule has 5 heteroatoms. The standard InChI is InChI=1S/C15H24N2O3/c1-2-3-8-19-10-11-20-9-7-15(18)17-14-6-4-5-13(16)12-14/h4-6,12H,2-3,7-11,16H2,1H3,(H,17,18). The second-order valence-corrected chi connectivity index (χ2v) is 4.50. The van der Waals surface area contributed by atoms with Crippen LogP contribution < -0.4 is 11.1 Å². The molecule has 5 nitrogen and oxygen atoms in total. The van der Waals surface area contributed by atoms with Gasteiger partial charge in [-0.15, -0.1) is 0 Å². The van der Waals surface area contributed by atoms with Crippen molar-refractivity contribution in [3.63, 3.8) is 0 Å². The van der Waals surface area contributed by atoms with Gasteiger partial charge in [-0.1, -0.05) is 19.4 Å². The maximum atomic E-state index is 11.6. The summed E-state index contributed by atoms with van der Waals surface area (Å²) in [6, 6.07) is 7.10. The van der Waals surface area contributed by atoms with Crippen LogP contribution in [0.25, 0.3) is 0 Å². The summed E-state index contributed by atoms with van der Waals surface area (Å²) in [6.07, 6.45) is 2.53. The first-order valence-electron chi connectivity index (χ1n) is 7.03. The predicted molar refractivity (Wildman–Crippen MR) is 80.6 cm³/mol. The van der Waals surface area contributed by atoms with Crippen molar-refractivity contribution in [3.05, 3.63) is 24.3 Å². The van der Waals surface area contributed by atoms with E-state index in [1.54, 1.807) is 24.3 Å². The summed E-state index contributed by atoms with van der Waals surface area (Å²) in [6.45, 7) is 4.39. The summed E-state index contributed by atoms with van der Waals surface area (Å²) in [4.78, 5) is 11.6. The molecule has 0 bridgehead atoms. The van der Waals surface area contributed by atoms with Gasteiger partial charge in [0.2, 0.25) is 5.91 Å². The first-order valence-corrected chi connectivity index (χ1v) is 7.03. The fourth-order valence-corrected chi connectivity index (χ4v) is 1.57. The SMILES string of the molecule is CCCCOCCOCCC(=O)Nc1cccc(N)c1. The quantitative estimate of drug-likeness (QED) is 0.510. The first-order chi connectivity index (χ1) is 9.72. The number of hydrogen-bond acceptors (Lipinski definition) is 4. The van der Waals surface area contributed by atoms with Crippen molar-refractivity contribution in [1.82, 2.24) is 0 Å². The minimum absolute atomic E-state index is 0.0810. The highest BCUT2D eigenvalue weighted by atomic mass is 16.5. The lowest BCUT2D eigenvalue weighted by molar-refractivity contribution is -0.117. The molecule has 0 aliphatic heterocycles. The molecule has 0 aliphatic rings. The van der Waals surface area contributed by atoms with Crippen molar-refractivity contribution < 1.29 is 14.3 Å². The van der Waals surface area contributed by atoms with Gasteiger partial charge in [0.15, 0.2) is 0 Å². The Bertz CT molecular complexity index is 396. The molecule has 0 aliphatic carbocycles. The van der Waals surface area contributed by atoms with E-state index in [0.717, 1.165) is 19.4 Å². The van der Waals surface area contributed by atoms with Crippen molar-refractivity contribution in [1.29, 1.82) is 0 Å². The van der Waals surface area contributed by atoms with E-state index < -0.39 is 0 Å². The molecule has 0 radical (unpaired) electrons. The zero-order valence-electron chi connectivity index (χ0n) is 12.1. The number of amides is 1. The van der Waals surface area contributed by atoms with E-state index in [9.17, 15) is 4.79 Å². The van der Waals surface area contributed by atoms with Crippen LogP contribution in [0, 0.1) is 0 Å². The molecule has 0 aromatic heterocycles. The highest BCUT2D eigenvalue weighted by Crippen LogP contribution is 2.11. The number of carbonyl (C=O) groups excluding carboxylic acids is 1. The molecule has 20 heavy (non-hydrogen) atoms. The van der Waals surface area contributed by atoms with Crippen molar-refractivity contribution in [2.75, 3.05) is 37.5 Å². The van der Waals surface area contributed by atoms with Crippen LogP contribution in [0.1, 0.15) is 26.2 Å². The molecular weight excluding hydrogens is 256 g/mol. The zero-order chi connectivity index (χ0) is 14.6. The number of nitrogens with one attached hydrogen (secondary N) is 1. The summed E-state index contributed by atoms with van der Waals surface area (Å²) in [5.74, 6) is -0.0810. The van der Waals surface area contributed by atoms with Crippen molar-refractivity contribution in [3.8, 4) is 0 Å². The Morgan fingerprint density at radius 3 is 2.65 bits per heavy atom. The van der Waals surface area contributed by atoms with Gasteiger partial charge in [0.1, 0.15) is 0 Å². The van der Waals surface area contributed by atoms with Crippen LogP contribution in [-0.2, 0) is 14.3 Å². The van der Waals surface area contributed by atoms with Crippen LogP contribution in [0.15, 0.2) is 24.3 Å². The van der Waals surface area contributed by atoms with Gasteiger partial charge >= 0.3 is 0 Å². The van der Waals surface area contributed by atoms with E-state index in [1.165, 1.54) is 0 Å². The monoisotopic (exact) mass is 280 g/mol. The van der Waals surface area contributed by atoms with Gasteiger partial charge in [-0.25, -0.2) is 0 Å². The Morgan fingerprint density at radius 2 is 1.95 bits per heavy atom. The minimum Gasteiger partial charge on any atom is -0.399 e. The number of rotatable bonds is 10. The smallest absolute Gasteiger partial charge is 0.226 e. The molecule has 0 unspecified atom stereocenters. The molecule has 0 heterocycles. The number of carbonyl (C=O) groups is 1. The molecule has 1 amide bonds. The van der Waals surface area contributed by atoms with Crippen molar-refractivity contribution in [2.24, 2.45) is 0 Å². The Morgan fingerprint density at radius 1 is 1.20 bits per heavy atom. The molecule has 1 aromatic carbocycles. The van der Waals surface area contributed by atoms with Gasteiger partial charge in [0, 0.05) is 18.0 Å². The third-order valence-corrected chi connectivity index (χ3v) is 2.66. The van der Waals surface area contributed by atoms with Crippen LogP contribution in [0.5, 0.6) is 0 Å². The highest BCUT2D eigenvalue weighted by molar-refractivity contribution is 5.91. The van der Waals surface area contributed by atoms with Gasteiger partial charge < -0.3 is 20.5 Å². The number of nitrogens with two attached hydrogens (primary N) is 1. The van der Waals surface area contributed by atoms with Gasteiger partial charge in [-0.2, -0.15) is 0 Å². The molecule has 0 saturated heterocycles. The summed E-state index contributed by atoms with van der Waals surface area (Å²) in [7, 11) is 0. The molecular formula is C15H24N2O3. The lowest BCUT2D eigenvalue weighted by Crippen LogP contribution is -2.15. The molecule has 1 rings (SSSR count). The molecule has 0 spiro atoms. The van der Waals surface area contributed by atoms with Crippen LogP contribution in [0.4, 0.5) is 11.4 Å². The van der Waals surface area contributed by atoms with E-state index in [0.29, 0.717) is 37.6 Å². The predicted octanol–water partition coefficient (Wildman–Crippen LogP) is 2.43. The Kier molecular flexibility index (Phi) is 8.42. The lowest BCUT2D eigenvalue weighted by atomic mass is 10.3. The van der Waals surface area contributed by atoms with Gasteiger partial charge in [0.25, 0.3) is 0 Å². The highest BCUT2D eigenvalue weighted by Gasteiger charge is 2.02. The maximum Gasteiger partial charge on any atom is 0.226 e. The van der Waals surface area contributed by atoms with Crippen molar-refractivity contribution in [2.45, 2.75) is 26.2 Å². The summed E-state index contributed by atoms with van der Waals surface area (Å²) >= 11 is 0. The van der Waals surface area contributed by atoms with E-state index >= 15 is 0 Å². The molecule has 0 atom stereocenters. The Balaban J connectivity index is 2.03. The van der Waals surface area contributed by atoms with E-state index in [4.69, 9.17) is 15.2 Å². The van der Waals surface area contributed by atoms with Crippen LogP contribution in [-0.4, -0.2) is 32.3 Å². The molecule has 0 fully saturated rings. The van der Waals surface area contributed by atoms with E-state index in [2.05, 4.69) is 12.2 Å². The summed E-state index contributed by atoms with van der Waals surface area (Å²) in [5.41, 5.74) is 6.97. The fourth-order valence-electron chi connectivity index (χ4n) is 1.57. The second-order valence-electron chi connectivity index (χ2n) is 4.50. The summed E-state index contributed by atoms with van der Waals surface area (Å²) < 4.78 is 10.7. The number of benzene rings is 1. The number of ether oxygens (including phenoxy) is 2. The van der Waals surface area contributed by atoms with E-state index in [1.807, 2.05) is 0 Å². The number of hydrogen-bond donors (Lipinski definition) is 2. The van der Waals surface area contributed by atoms with Crippen LogP contribution in [0.2, 0.25) is 0 Å².